The first kappa shape index (κ1) is 15.2. The summed E-state index contributed by atoms with van der Waals surface area (Å²) in [6, 6.07) is 4.05. The Morgan fingerprint density at radius 1 is 1.33 bits per heavy atom. The third-order valence-electron chi connectivity index (χ3n) is 2.74. The molecule has 0 fully saturated rings. The van der Waals surface area contributed by atoms with E-state index in [2.05, 4.69) is 17.3 Å². The van der Waals surface area contributed by atoms with Crippen LogP contribution in [0.25, 0.3) is 0 Å². The summed E-state index contributed by atoms with van der Waals surface area (Å²) in [4.78, 5) is 2.26. The zero-order chi connectivity index (χ0) is 13.2. The highest BCUT2D eigenvalue weighted by Gasteiger charge is 2.03. The minimum atomic E-state index is 0.811. The Bertz CT molecular complexity index is 312. The van der Waals surface area contributed by atoms with Gasteiger partial charge in [0, 0.05) is 26.3 Å². The Morgan fingerprint density at radius 3 is 2.83 bits per heavy atom. The van der Waals surface area contributed by atoms with E-state index in [-0.39, 0.29) is 0 Å². The molecule has 1 N–H and O–H groups in total. The van der Waals surface area contributed by atoms with Crippen LogP contribution in [0.4, 0.5) is 0 Å². The first-order valence-electron chi connectivity index (χ1n) is 6.74. The Kier molecular flexibility index (Phi) is 7.73. The fourth-order valence-corrected chi connectivity index (χ4v) is 1.75. The summed E-state index contributed by atoms with van der Waals surface area (Å²) in [5, 5.41) is 3.41. The van der Waals surface area contributed by atoms with Gasteiger partial charge in [-0.15, -0.1) is 0 Å². The van der Waals surface area contributed by atoms with E-state index in [4.69, 9.17) is 9.15 Å². The average molecular weight is 254 g/mol. The molecule has 0 spiro atoms. The summed E-state index contributed by atoms with van der Waals surface area (Å²) in [5.41, 5.74) is 0. The Hall–Kier alpha value is -0.840. The summed E-state index contributed by atoms with van der Waals surface area (Å²) in [6.45, 7) is 9.58. The van der Waals surface area contributed by atoms with Crippen molar-refractivity contribution in [1.82, 2.24) is 10.2 Å². The van der Waals surface area contributed by atoms with Gasteiger partial charge in [-0.1, -0.05) is 0 Å². The molecule has 0 aliphatic heterocycles. The van der Waals surface area contributed by atoms with Gasteiger partial charge in [-0.2, -0.15) is 0 Å². The Labute approximate surface area is 110 Å². The number of furan rings is 1. The van der Waals surface area contributed by atoms with Crippen LogP contribution in [0.5, 0.6) is 0 Å². The second-order valence-corrected chi connectivity index (χ2v) is 4.55. The third kappa shape index (κ3) is 6.79. The lowest BCUT2D eigenvalue weighted by atomic mass is 10.4. The van der Waals surface area contributed by atoms with E-state index >= 15 is 0 Å². The molecule has 0 aliphatic carbocycles. The van der Waals surface area contributed by atoms with E-state index in [1.165, 1.54) is 0 Å². The van der Waals surface area contributed by atoms with Gasteiger partial charge in [0.25, 0.3) is 0 Å². The van der Waals surface area contributed by atoms with Crippen LogP contribution in [0.1, 0.15) is 24.9 Å². The van der Waals surface area contributed by atoms with Crippen molar-refractivity contribution in [1.29, 1.82) is 0 Å². The molecule has 1 aromatic rings. The quantitative estimate of drug-likeness (QED) is 0.648. The smallest absolute Gasteiger partial charge is 0.118 e. The number of rotatable bonds is 10. The predicted octanol–water partition coefficient (Wildman–Crippen LogP) is 2.04. The number of ether oxygens (including phenoxy) is 1. The summed E-state index contributed by atoms with van der Waals surface area (Å²) in [7, 11) is 2.11. The molecule has 0 radical (unpaired) electrons. The van der Waals surface area contributed by atoms with Gasteiger partial charge in [0.2, 0.25) is 0 Å². The van der Waals surface area contributed by atoms with Crippen LogP contribution in [0, 0.1) is 6.92 Å². The first-order valence-corrected chi connectivity index (χ1v) is 6.74. The summed E-state index contributed by atoms with van der Waals surface area (Å²) >= 11 is 0. The molecule has 1 heterocycles. The summed E-state index contributed by atoms with van der Waals surface area (Å²) in [5.74, 6) is 2.01. The van der Waals surface area contributed by atoms with Crippen LogP contribution in [0.15, 0.2) is 16.5 Å². The van der Waals surface area contributed by atoms with Crippen molar-refractivity contribution in [3.8, 4) is 0 Å². The molecule has 0 saturated heterocycles. The lowest BCUT2D eigenvalue weighted by Crippen LogP contribution is -2.29. The molecular formula is C14H26N2O2. The van der Waals surface area contributed by atoms with Crippen molar-refractivity contribution in [2.45, 2.75) is 26.8 Å². The number of aryl methyl sites for hydroxylation is 1. The lowest BCUT2D eigenvalue weighted by Gasteiger charge is -2.15. The average Bonchev–Trinajstić information content (AvgIpc) is 2.73. The fraction of sp³-hybridized carbons (Fsp3) is 0.714. The van der Waals surface area contributed by atoms with E-state index < -0.39 is 0 Å². The maximum Gasteiger partial charge on any atom is 0.118 e. The lowest BCUT2D eigenvalue weighted by molar-refractivity contribution is 0.144. The molecule has 1 rings (SSSR count). The summed E-state index contributed by atoms with van der Waals surface area (Å²) in [6.07, 6.45) is 1.08. The molecule has 0 saturated carbocycles. The molecule has 0 atom stereocenters. The van der Waals surface area contributed by atoms with Crippen molar-refractivity contribution in [3.05, 3.63) is 23.7 Å². The molecule has 104 valence electrons. The van der Waals surface area contributed by atoms with Gasteiger partial charge in [0.1, 0.15) is 11.5 Å². The largest absolute Gasteiger partial charge is 0.465 e. The minimum absolute atomic E-state index is 0.811. The van der Waals surface area contributed by atoms with Crippen LogP contribution >= 0.6 is 0 Å². The van der Waals surface area contributed by atoms with Crippen LogP contribution in [-0.2, 0) is 11.3 Å². The number of nitrogens with one attached hydrogen (secondary N) is 1. The Balaban J connectivity index is 1.98. The maximum atomic E-state index is 5.55. The van der Waals surface area contributed by atoms with Crippen LogP contribution in [0.3, 0.4) is 0 Å². The molecule has 0 unspecified atom stereocenters. The van der Waals surface area contributed by atoms with Gasteiger partial charge < -0.3 is 14.5 Å². The standard InChI is InChI=1S/C14H26N2O2/c1-4-17-11-5-8-15-9-10-16(3)12-14-7-6-13(2)18-14/h6-7,15H,4-5,8-12H2,1-3H3. The van der Waals surface area contributed by atoms with Gasteiger partial charge in [-0.3, -0.25) is 4.90 Å². The highest BCUT2D eigenvalue weighted by Crippen LogP contribution is 2.07. The monoisotopic (exact) mass is 254 g/mol. The second kappa shape index (κ2) is 9.14. The maximum absolute atomic E-state index is 5.55. The van der Waals surface area contributed by atoms with E-state index in [9.17, 15) is 0 Å². The topological polar surface area (TPSA) is 37.6 Å². The number of nitrogens with zero attached hydrogens (tertiary/aromatic N) is 1. The highest BCUT2D eigenvalue weighted by atomic mass is 16.5. The SMILES string of the molecule is CCOCCCNCCN(C)Cc1ccc(C)o1. The van der Waals surface area contributed by atoms with Gasteiger partial charge in [-0.25, -0.2) is 0 Å². The van der Waals surface area contributed by atoms with E-state index in [0.717, 1.165) is 57.3 Å². The summed E-state index contributed by atoms with van der Waals surface area (Å²) < 4.78 is 10.8. The molecule has 0 aromatic carbocycles. The minimum Gasteiger partial charge on any atom is -0.465 e. The van der Waals surface area contributed by atoms with Crippen molar-refractivity contribution < 1.29 is 9.15 Å². The number of hydrogen-bond donors (Lipinski definition) is 1. The highest BCUT2D eigenvalue weighted by molar-refractivity contribution is 5.05. The zero-order valence-electron chi connectivity index (χ0n) is 11.9. The fourth-order valence-electron chi connectivity index (χ4n) is 1.75. The molecule has 4 heteroatoms. The van der Waals surface area contributed by atoms with Gasteiger partial charge >= 0.3 is 0 Å². The molecular weight excluding hydrogens is 228 g/mol. The molecule has 18 heavy (non-hydrogen) atoms. The van der Waals surface area contributed by atoms with Crippen LogP contribution in [-0.4, -0.2) is 44.8 Å². The van der Waals surface area contributed by atoms with Crippen LogP contribution < -0.4 is 5.32 Å². The zero-order valence-corrected chi connectivity index (χ0v) is 11.9. The van der Waals surface area contributed by atoms with Crippen molar-refractivity contribution in [2.24, 2.45) is 0 Å². The van der Waals surface area contributed by atoms with E-state index in [1.807, 2.05) is 26.0 Å². The Morgan fingerprint density at radius 2 is 2.17 bits per heavy atom. The second-order valence-electron chi connectivity index (χ2n) is 4.55. The van der Waals surface area contributed by atoms with Gasteiger partial charge in [0.15, 0.2) is 0 Å². The van der Waals surface area contributed by atoms with Gasteiger partial charge in [0.05, 0.1) is 6.54 Å². The molecule has 1 aromatic heterocycles. The third-order valence-corrected chi connectivity index (χ3v) is 2.74. The molecule has 0 aliphatic rings. The van der Waals surface area contributed by atoms with Gasteiger partial charge in [-0.05, 0) is 46.0 Å². The number of likely N-dealkylation sites (N-methyl/N-ethyl adjacent to an activating group) is 1. The van der Waals surface area contributed by atoms with Crippen LogP contribution in [0.2, 0.25) is 0 Å². The molecule has 0 bridgehead atoms. The number of hydrogen-bond acceptors (Lipinski definition) is 4. The van der Waals surface area contributed by atoms with Crippen molar-refractivity contribution >= 4 is 0 Å². The van der Waals surface area contributed by atoms with Crippen molar-refractivity contribution in [2.75, 3.05) is 39.9 Å². The van der Waals surface area contributed by atoms with E-state index in [0.29, 0.717) is 0 Å². The predicted molar refractivity (Wildman–Crippen MR) is 73.8 cm³/mol. The molecule has 0 amide bonds. The van der Waals surface area contributed by atoms with E-state index in [1.54, 1.807) is 0 Å². The first-order chi connectivity index (χ1) is 8.72. The molecule has 4 nitrogen and oxygen atoms in total. The van der Waals surface area contributed by atoms with Crippen molar-refractivity contribution in [3.63, 3.8) is 0 Å². The normalized spacial score (nSPS) is 11.3.